The fraction of sp³-hybridized carbons (Fsp3) is 0.280. The molecule has 2 aromatic carbocycles. The number of rotatable bonds is 5. The van der Waals surface area contributed by atoms with Gasteiger partial charge in [0.1, 0.15) is 4.93 Å². The van der Waals surface area contributed by atoms with E-state index in [-0.39, 0.29) is 11.8 Å². The molecule has 6 nitrogen and oxygen atoms in total. The average Bonchev–Trinajstić information content (AvgIpc) is 3.13. The van der Waals surface area contributed by atoms with Gasteiger partial charge in [0.2, 0.25) is 5.91 Å². The maximum Gasteiger partial charge on any atom is 0.250 e. The van der Waals surface area contributed by atoms with E-state index in [0.29, 0.717) is 34.6 Å². The molecule has 5 N–H and O–H groups in total. The molecule has 1 aromatic heterocycles. The summed E-state index contributed by atoms with van der Waals surface area (Å²) >= 11 is 11.1. The highest BCUT2D eigenvalue weighted by Gasteiger charge is 2.34. The third-order valence-electron chi connectivity index (χ3n) is 6.50. The number of carbonyl (C=O) groups is 2. The van der Waals surface area contributed by atoms with Crippen LogP contribution < -0.4 is 11.1 Å². The van der Waals surface area contributed by atoms with Crippen molar-refractivity contribution in [3.05, 3.63) is 64.3 Å². The van der Waals surface area contributed by atoms with Gasteiger partial charge >= 0.3 is 0 Å². The number of hydrogen-bond acceptors (Lipinski definition) is 4. The summed E-state index contributed by atoms with van der Waals surface area (Å²) in [4.78, 5) is 26.4. The Morgan fingerprint density at radius 1 is 1.42 bits per heavy atom. The first kappa shape index (κ1) is 23.4. The second-order valence-electron chi connectivity index (χ2n) is 8.68. The lowest BCUT2D eigenvalue weighted by atomic mass is 9.82. The standard InChI is InChI=1S/C25H26ClN3O3S/c1-4-20(30)28-18-7-5-6-14(12(18)2)21-17(26)11-16(24(27)31)23-22(21)15-9-8-13(25(3,32)33)10-19(15)29-23/h4-7,11,13,29,32-33H,1,8-10H2,2-3H3,(H2,27,31)(H,28,30). The number of H-pyrrole nitrogens is 1. The number of nitrogens with one attached hydrogen (secondary N) is 2. The lowest BCUT2D eigenvalue weighted by Crippen LogP contribution is -2.32. The lowest BCUT2D eigenvalue weighted by Gasteiger charge is -2.31. The van der Waals surface area contributed by atoms with Crippen LogP contribution >= 0.6 is 24.2 Å². The molecule has 2 amide bonds. The van der Waals surface area contributed by atoms with E-state index < -0.39 is 10.8 Å². The van der Waals surface area contributed by atoms with E-state index in [1.807, 2.05) is 25.1 Å². The molecule has 172 valence electrons. The van der Waals surface area contributed by atoms with Gasteiger partial charge < -0.3 is 21.1 Å². The van der Waals surface area contributed by atoms with Gasteiger partial charge in [0, 0.05) is 33.3 Å². The molecule has 0 radical (unpaired) electrons. The number of thiol groups is 1. The molecule has 0 aliphatic heterocycles. The molecule has 0 spiro atoms. The van der Waals surface area contributed by atoms with Crippen LogP contribution in [-0.2, 0) is 17.6 Å². The largest absolute Gasteiger partial charge is 0.380 e. The van der Waals surface area contributed by atoms with Gasteiger partial charge in [0.05, 0.1) is 11.1 Å². The zero-order valence-corrected chi connectivity index (χ0v) is 20.1. The second-order valence-corrected chi connectivity index (χ2v) is 10.00. The Balaban J connectivity index is 1.99. The van der Waals surface area contributed by atoms with Crippen LogP contribution in [0.3, 0.4) is 0 Å². The van der Waals surface area contributed by atoms with Crippen LogP contribution in [0.1, 0.15) is 40.5 Å². The van der Waals surface area contributed by atoms with Gasteiger partial charge in [0.15, 0.2) is 0 Å². The van der Waals surface area contributed by atoms with Crippen molar-refractivity contribution in [3.63, 3.8) is 0 Å². The Morgan fingerprint density at radius 3 is 2.79 bits per heavy atom. The van der Waals surface area contributed by atoms with E-state index in [0.717, 1.165) is 39.8 Å². The fourth-order valence-corrected chi connectivity index (χ4v) is 5.25. The molecular formula is C25H26ClN3O3S. The smallest absolute Gasteiger partial charge is 0.250 e. The number of hydrogen-bond donors (Lipinski definition) is 5. The molecule has 33 heavy (non-hydrogen) atoms. The molecule has 3 aromatic rings. The molecule has 0 saturated heterocycles. The summed E-state index contributed by atoms with van der Waals surface area (Å²) < 4.78 is 0. The second kappa shape index (κ2) is 8.56. The molecule has 2 atom stereocenters. The number of aromatic nitrogens is 1. The average molecular weight is 484 g/mol. The first-order valence-corrected chi connectivity index (χ1v) is 11.5. The Labute approximate surface area is 202 Å². The van der Waals surface area contributed by atoms with E-state index >= 15 is 0 Å². The van der Waals surface area contributed by atoms with E-state index in [2.05, 4.69) is 29.5 Å². The Hall–Kier alpha value is -2.74. The van der Waals surface area contributed by atoms with Crippen LogP contribution in [0.25, 0.3) is 22.0 Å². The number of nitrogens with two attached hydrogens (primary N) is 1. The zero-order valence-electron chi connectivity index (χ0n) is 18.5. The van der Waals surface area contributed by atoms with E-state index in [1.165, 1.54) is 6.08 Å². The number of carbonyl (C=O) groups excluding carboxylic acids is 2. The predicted octanol–water partition coefficient (Wildman–Crippen LogP) is 4.76. The fourth-order valence-electron chi connectivity index (χ4n) is 4.73. The Kier molecular flexibility index (Phi) is 6.07. The number of halogens is 1. The summed E-state index contributed by atoms with van der Waals surface area (Å²) in [5.74, 6) is -0.926. The third-order valence-corrected chi connectivity index (χ3v) is 7.16. The predicted molar refractivity (Wildman–Crippen MR) is 136 cm³/mol. The van der Waals surface area contributed by atoms with Crippen LogP contribution in [-0.4, -0.2) is 26.8 Å². The molecule has 1 aliphatic rings. The van der Waals surface area contributed by atoms with Gasteiger partial charge in [-0.1, -0.05) is 30.3 Å². The number of aliphatic hydroxyl groups is 1. The minimum absolute atomic E-state index is 0.0449. The van der Waals surface area contributed by atoms with Crippen molar-refractivity contribution in [2.24, 2.45) is 11.7 Å². The molecule has 1 heterocycles. The third kappa shape index (κ3) is 4.16. The molecule has 0 saturated carbocycles. The molecule has 0 bridgehead atoms. The van der Waals surface area contributed by atoms with Gasteiger partial charge in [-0.15, -0.1) is 12.6 Å². The van der Waals surface area contributed by atoms with Gasteiger partial charge in [0.25, 0.3) is 5.91 Å². The highest BCUT2D eigenvalue weighted by atomic mass is 35.5. The zero-order chi connectivity index (χ0) is 24.1. The number of benzene rings is 2. The maximum absolute atomic E-state index is 12.3. The minimum Gasteiger partial charge on any atom is -0.380 e. The van der Waals surface area contributed by atoms with E-state index in [1.54, 1.807) is 13.0 Å². The lowest BCUT2D eigenvalue weighted by molar-refractivity contribution is -0.111. The maximum atomic E-state index is 12.3. The van der Waals surface area contributed by atoms with Gasteiger partial charge in [-0.05, 0) is 68.0 Å². The minimum atomic E-state index is -1.11. The number of primary amides is 1. The number of aryl methyl sites for hydroxylation is 1. The highest BCUT2D eigenvalue weighted by Crippen LogP contribution is 2.45. The van der Waals surface area contributed by atoms with Gasteiger partial charge in [-0.3, -0.25) is 9.59 Å². The van der Waals surface area contributed by atoms with E-state index in [4.69, 9.17) is 17.3 Å². The van der Waals surface area contributed by atoms with Crippen LogP contribution in [0.5, 0.6) is 0 Å². The van der Waals surface area contributed by atoms with Crippen molar-refractivity contribution in [2.75, 3.05) is 5.32 Å². The molecular weight excluding hydrogens is 458 g/mol. The summed E-state index contributed by atoms with van der Waals surface area (Å²) in [5, 5.41) is 14.5. The summed E-state index contributed by atoms with van der Waals surface area (Å²) in [6, 6.07) is 7.19. The normalized spacial score (nSPS) is 17.3. The number of fused-ring (bicyclic) bond motifs is 3. The Bertz CT molecular complexity index is 1310. The van der Waals surface area contributed by atoms with E-state index in [9.17, 15) is 14.7 Å². The van der Waals surface area contributed by atoms with Crippen molar-refractivity contribution >= 4 is 52.6 Å². The van der Waals surface area contributed by atoms with Crippen LogP contribution in [0, 0.1) is 12.8 Å². The van der Waals surface area contributed by atoms with Crippen molar-refractivity contribution in [3.8, 4) is 11.1 Å². The molecule has 0 fully saturated rings. The summed E-state index contributed by atoms with van der Waals surface area (Å²) in [5.41, 5.74) is 11.7. The van der Waals surface area contributed by atoms with Crippen LogP contribution in [0.2, 0.25) is 5.02 Å². The highest BCUT2D eigenvalue weighted by molar-refractivity contribution is 7.81. The van der Waals surface area contributed by atoms with Crippen LogP contribution in [0.4, 0.5) is 5.69 Å². The van der Waals surface area contributed by atoms with Gasteiger partial charge in [-0.25, -0.2) is 0 Å². The molecule has 8 heteroatoms. The Morgan fingerprint density at radius 2 is 2.15 bits per heavy atom. The molecule has 1 aliphatic carbocycles. The van der Waals surface area contributed by atoms with Crippen molar-refractivity contribution in [2.45, 2.75) is 38.0 Å². The van der Waals surface area contributed by atoms with Gasteiger partial charge in [-0.2, -0.15) is 0 Å². The summed E-state index contributed by atoms with van der Waals surface area (Å²) in [6.45, 7) is 7.11. The monoisotopic (exact) mass is 483 g/mol. The van der Waals surface area contributed by atoms with Crippen molar-refractivity contribution in [1.29, 1.82) is 0 Å². The molecule has 2 unspecified atom stereocenters. The number of anilines is 1. The number of amides is 2. The quantitative estimate of drug-likeness (QED) is 0.205. The SMILES string of the molecule is C=CC(=O)Nc1cccc(-c2c(Cl)cc(C(N)=O)c3[nH]c4c(c23)CCC(C(C)(O)S)C4)c1C. The number of aromatic amines is 1. The first-order valence-electron chi connectivity index (χ1n) is 10.7. The summed E-state index contributed by atoms with van der Waals surface area (Å²) in [6.07, 6.45) is 3.23. The summed E-state index contributed by atoms with van der Waals surface area (Å²) in [7, 11) is 0. The first-order chi connectivity index (χ1) is 15.5. The van der Waals surface area contributed by atoms with Crippen molar-refractivity contribution < 1.29 is 14.7 Å². The van der Waals surface area contributed by atoms with Crippen molar-refractivity contribution in [1.82, 2.24) is 4.98 Å². The topological polar surface area (TPSA) is 108 Å². The van der Waals surface area contributed by atoms with Crippen LogP contribution in [0.15, 0.2) is 36.9 Å². The molecule has 4 rings (SSSR count).